The van der Waals surface area contributed by atoms with Gasteiger partial charge in [-0.1, -0.05) is 26.0 Å². The lowest BCUT2D eigenvalue weighted by molar-refractivity contribution is -0.145. The molecule has 0 spiro atoms. The summed E-state index contributed by atoms with van der Waals surface area (Å²) in [6, 6.07) is 0. The van der Waals surface area contributed by atoms with Crippen molar-refractivity contribution in [2.75, 3.05) is 6.61 Å². The smallest absolute Gasteiger partial charge is 0.435 e. The van der Waals surface area contributed by atoms with E-state index >= 15 is 0 Å². The molecule has 0 fully saturated rings. The quantitative estimate of drug-likeness (QED) is 0.801. The van der Waals surface area contributed by atoms with E-state index in [1.807, 2.05) is 20.8 Å². The van der Waals surface area contributed by atoms with E-state index in [1.165, 1.54) is 6.92 Å². The van der Waals surface area contributed by atoms with Crippen LogP contribution in [-0.4, -0.2) is 27.6 Å². The zero-order valence-corrected chi connectivity index (χ0v) is 11.9. The molecule has 1 aromatic heterocycles. The number of hydrogen-bond acceptors (Lipinski definition) is 4. The molecule has 0 N–H and O–H groups in total. The normalized spacial score (nSPS) is 12.6. The summed E-state index contributed by atoms with van der Waals surface area (Å²) >= 11 is 0. The molecule has 0 atom stereocenters. The van der Waals surface area contributed by atoms with Gasteiger partial charge in [0.25, 0.3) is 0 Å². The number of ether oxygens (including phenoxy) is 1. The number of aryl methyl sites for hydroxylation is 1. The van der Waals surface area contributed by atoms with Crippen LogP contribution in [0.3, 0.4) is 0 Å². The highest BCUT2D eigenvalue weighted by Gasteiger charge is 2.42. The summed E-state index contributed by atoms with van der Waals surface area (Å²) in [5.41, 5.74) is -2.09. The molecule has 8 heteroatoms. The molecule has 1 aromatic rings. The van der Waals surface area contributed by atoms with Crippen molar-refractivity contribution in [2.45, 2.75) is 46.8 Å². The topological polar surface area (TPSA) is 57.0 Å². The van der Waals surface area contributed by atoms with Gasteiger partial charge in [0.1, 0.15) is 0 Å². The Hall–Kier alpha value is -1.60. The third kappa shape index (κ3) is 4.21. The van der Waals surface area contributed by atoms with Crippen molar-refractivity contribution in [2.24, 2.45) is 5.41 Å². The van der Waals surface area contributed by atoms with Gasteiger partial charge in [0.05, 0.1) is 6.61 Å². The van der Waals surface area contributed by atoms with E-state index in [9.17, 15) is 18.0 Å². The van der Waals surface area contributed by atoms with E-state index in [0.717, 1.165) is 4.68 Å². The molecule has 0 saturated carbocycles. The monoisotopic (exact) mass is 293 g/mol. The molecule has 0 unspecified atom stereocenters. The minimum atomic E-state index is -4.70. The molecule has 0 radical (unpaired) electrons. The highest BCUT2D eigenvalue weighted by molar-refractivity contribution is 5.88. The molecular formula is C12H18F3N3O2. The number of aromatic nitrogens is 3. The maximum Gasteiger partial charge on any atom is 0.435 e. The first kappa shape index (κ1) is 16.5. The van der Waals surface area contributed by atoms with Gasteiger partial charge < -0.3 is 4.74 Å². The molecular weight excluding hydrogens is 275 g/mol. The fourth-order valence-electron chi connectivity index (χ4n) is 1.53. The maximum absolute atomic E-state index is 13.1. The van der Waals surface area contributed by atoms with Crippen molar-refractivity contribution in [1.82, 2.24) is 15.0 Å². The predicted molar refractivity (Wildman–Crippen MR) is 65.1 cm³/mol. The van der Waals surface area contributed by atoms with Crippen molar-refractivity contribution >= 4 is 5.97 Å². The third-order valence-electron chi connectivity index (χ3n) is 2.55. The minimum absolute atomic E-state index is 0.0228. The van der Waals surface area contributed by atoms with E-state index in [4.69, 9.17) is 0 Å². The van der Waals surface area contributed by atoms with Crippen LogP contribution in [0.5, 0.6) is 0 Å². The molecule has 114 valence electrons. The van der Waals surface area contributed by atoms with Crippen LogP contribution in [0.2, 0.25) is 0 Å². The Labute approximate surface area is 115 Å². The number of carbonyl (C=O) groups is 1. The minimum Gasteiger partial charge on any atom is -0.461 e. The molecule has 0 amide bonds. The second-order valence-electron chi connectivity index (χ2n) is 5.54. The van der Waals surface area contributed by atoms with Gasteiger partial charge in [0.2, 0.25) is 5.69 Å². The van der Waals surface area contributed by atoms with Gasteiger partial charge in [-0.15, -0.1) is 5.10 Å². The summed E-state index contributed by atoms with van der Waals surface area (Å²) in [6.07, 6.45) is -4.23. The second-order valence-corrected chi connectivity index (χ2v) is 5.54. The standard InChI is InChI=1S/C12H18F3N3O2/c1-5-20-10(19)8-9(12(13,14)15)18(17-16-8)7-6-11(2,3)4/h5-7H2,1-4H3. The van der Waals surface area contributed by atoms with E-state index < -0.39 is 23.5 Å². The van der Waals surface area contributed by atoms with Crippen molar-refractivity contribution in [3.8, 4) is 0 Å². The zero-order chi connectivity index (χ0) is 15.6. The second kappa shape index (κ2) is 5.80. The molecule has 0 bridgehead atoms. The van der Waals surface area contributed by atoms with Gasteiger partial charge >= 0.3 is 12.1 Å². The molecule has 0 aliphatic rings. The van der Waals surface area contributed by atoms with Crippen molar-refractivity contribution < 1.29 is 22.7 Å². The number of nitrogens with zero attached hydrogens (tertiary/aromatic N) is 3. The average Bonchev–Trinajstić information content (AvgIpc) is 2.69. The highest BCUT2D eigenvalue weighted by atomic mass is 19.4. The number of esters is 1. The fourth-order valence-corrected chi connectivity index (χ4v) is 1.53. The predicted octanol–water partition coefficient (Wildman–Crippen LogP) is 2.91. The van der Waals surface area contributed by atoms with Gasteiger partial charge in [-0.25, -0.2) is 9.48 Å². The molecule has 1 heterocycles. The Bertz CT molecular complexity index is 475. The Morgan fingerprint density at radius 2 is 1.90 bits per heavy atom. The van der Waals surface area contributed by atoms with E-state index in [0.29, 0.717) is 6.42 Å². The van der Waals surface area contributed by atoms with Crippen LogP contribution < -0.4 is 0 Å². The highest BCUT2D eigenvalue weighted by Crippen LogP contribution is 2.32. The Kier molecular flexibility index (Phi) is 4.77. The number of rotatable bonds is 4. The molecule has 0 aliphatic heterocycles. The van der Waals surface area contributed by atoms with Crippen LogP contribution in [0.1, 0.15) is 50.3 Å². The van der Waals surface area contributed by atoms with Crippen LogP contribution in [-0.2, 0) is 17.5 Å². The first-order valence-corrected chi connectivity index (χ1v) is 6.24. The lowest BCUT2D eigenvalue weighted by Gasteiger charge is -2.18. The summed E-state index contributed by atoms with van der Waals surface area (Å²) in [4.78, 5) is 11.5. The SMILES string of the molecule is CCOC(=O)c1nnn(CCC(C)(C)C)c1C(F)(F)F. The number of carbonyl (C=O) groups excluding carboxylic acids is 1. The summed E-state index contributed by atoms with van der Waals surface area (Å²) in [6.45, 7) is 7.24. The molecule has 20 heavy (non-hydrogen) atoms. The fraction of sp³-hybridized carbons (Fsp3) is 0.750. The molecule has 5 nitrogen and oxygen atoms in total. The number of hydrogen-bond donors (Lipinski definition) is 0. The average molecular weight is 293 g/mol. The molecule has 0 aromatic carbocycles. The first-order valence-electron chi connectivity index (χ1n) is 6.24. The van der Waals surface area contributed by atoms with E-state index in [-0.39, 0.29) is 18.6 Å². The molecule has 0 saturated heterocycles. The summed E-state index contributed by atoms with van der Waals surface area (Å²) in [5, 5.41) is 6.76. The van der Waals surface area contributed by atoms with E-state index in [2.05, 4.69) is 15.0 Å². The summed E-state index contributed by atoms with van der Waals surface area (Å²) in [5.74, 6) is -1.11. The van der Waals surface area contributed by atoms with Gasteiger partial charge in [-0.05, 0) is 18.8 Å². The lowest BCUT2D eigenvalue weighted by Crippen LogP contribution is -2.21. The summed E-state index contributed by atoms with van der Waals surface area (Å²) < 4.78 is 44.4. The van der Waals surface area contributed by atoms with Crippen LogP contribution in [0, 0.1) is 5.41 Å². The Morgan fingerprint density at radius 1 is 1.30 bits per heavy atom. The van der Waals surface area contributed by atoms with Crippen LogP contribution in [0.4, 0.5) is 13.2 Å². The Balaban J connectivity index is 3.10. The Morgan fingerprint density at radius 3 is 2.35 bits per heavy atom. The van der Waals surface area contributed by atoms with Crippen molar-refractivity contribution in [1.29, 1.82) is 0 Å². The number of alkyl halides is 3. The van der Waals surface area contributed by atoms with Gasteiger partial charge in [-0.2, -0.15) is 13.2 Å². The van der Waals surface area contributed by atoms with Gasteiger partial charge in [-0.3, -0.25) is 0 Å². The van der Waals surface area contributed by atoms with Crippen LogP contribution in [0.25, 0.3) is 0 Å². The maximum atomic E-state index is 13.1. The first-order chi connectivity index (χ1) is 9.06. The zero-order valence-electron chi connectivity index (χ0n) is 11.9. The third-order valence-corrected chi connectivity index (χ3v) is 2.55. The summed E-state index contributed by atoms with van der Waals surface area (Å²) in [7, 11) is 0. The molecule has 0 aliphatic carbocycles. The van der Waals surface area contributed by atoms with Gasteiger partial charge in [0.15, 0.2) is 5.69 Å². The van der Waals surface area contributed by atoms with Crippen molar-refractivity contribution in [3.05, 3.63) is 11.4 Å². The number of halogens is 3. The molecule has 1 rings (SSSR count). The largest absolute Gasteiger partial charge is 0.461 e. The van der Waals surface area contributed by atoms with Crippen LogP contribution in [0.15, 0.2) is 0 Å². The van der Waals surface area contributed by atoms with Crippen molar-refractivity contribution in [3.63, 3.8) is 0 Å². The van der Waals surface area contributed by atoms with Crippen LogP contribution >= 0.6 is 0 Å². The van der Waals surface area contributed by atoms with E-state index in [1.54, 1.807) is 0 Å². The lowest BCUT2D eigenvalue weighted by atomic mass is 9.92. The van der Waals surface area contributed by atoms with Gasteiger partial charge in [0, 0.05) is 6.54 Å².